The highest BCUT2D eigenvalue weighted by Crippen LogP contribution is 2.30. The predicted octanol–water partition coefficient (Wildman–Crippen LogP) is 4.11. The summed E-state index contributed by atoms with van der Waals surface area (Å²) in [7, 11) is 0. The number of nitrogens with one attached hydrogen (secondary N) is 2. The van der Waals surface area contributed by atoms with Gasteiger partial charge in [0, 0.05) is 11.4 Å². The number of halogens is 3. The lowest BCUT2D eigenvalue weighted by Crippen LogP contribution is -2.34. The number of ether oxygens (including phenoxy) is 1. The summed E-state index contributed by atoms with van der Waals surface area (Å²) < 4.78 is 43.2. The molecule has 1 aliphatic rings. The Kier molecular flexibility index (Phi) is 7.90. The van der Waals surface area contributed by atoms with Crippen LogP contribution in [-0.4, -0.2) is 35.5 Å². The van der Waals surface area contributed by atoms with Gasteiger partial charge in [-0.25, -0.2) is 4.79 Å². The molecule has 2 aromatic rings. The first kappa shape index (κ1) is 25.5. The SMILES string of the molecule is O=C(COC(=O)c1ccc(NC(=O)[C@H]2CC=CC[C@@H]2C(=O)O)cc1)Nc1cccc(C(F)(F)F)c1. The number of anilines is 2. The number of carboxylic acids is 1. The van der Waals surface area contributed by atoms with Crippen LogP contribution in [0.15, 0.2) is 60.7 Å². The van der Waals surface area contributed by atoms with E-state index in [0.717, 1.165) is 18.2 Å². The minimum absolute atomic E-state index is 0.0684. The number of aliphatic carboxylic acids is 1. The largest absolute Gasteiger partial charge is 0.481 e. The van der Waals surface area contributed by atoms with Gasteiger partial charge in [-0.05, 0) is 55.3 Å². The van der Waals surface area contributed by atoms with Gasteiger partial charge < -0.3 is 20.5 Å². The van der Waals surface area contributed by atoms with Crippen molar-refractivity contribution in [3.8, 4) is 0 Å². The third-order valence-electron chi connectivity index (χ3n) is 5.28. The predicted molar refractivity (Wildman–Crippen MR) is 118 cm³/mol. The van der Waals surface area contributed by atoms with Crippen LogP contribution in [0.1, 0.15) is 28.8 Å². The summed E-state index contributed by atoms with van der Waals surface area (Å²) in [6, 6.07) is 9.56. The van der Waals surface area contributed by atoms with Crippen molar-refractivity contribution >= 4 is 35.1 Å². The lowest BCUT2D eigenvalue weighted by Gasteiger charge is -2.24. The highest BCUT2D eigenvalue weighted by molar-refractivity contribution is 5.97. The van der Waals surface area contributed by atoms with Crippen molar-refractivity contribution in [3.63, 3.8) is 0 Å². The molecule has 0 fully saturated rings. The molecule has 0 bridgehead atoms. The number of carbonyl (C=O) groups excluding carboxylic acids is 3. The van der Waals surface area contributed by atoms with Gasteiger partial charge in [0.15, 0.2) is 6.61 Å². The summed E-state index contributed by atoms with van der Waals surface area (Å²) in [5.74, 6) is -4.73. The Morgan fingerprint density at radius 2 is 1.57 bits per heavy atom. The minimum Gasteiger partial charge on any atom is -0.481 e. The molecule has 0 saturated carbocycles. The highest BCUT2D eigenvalue weighted by atomic mass is 19.4. The number of alkyl halides is 3. The third kappa shape index (κ3) is 6.92. The van der Waals surface area contributed by atoms with Gasteiger partial charge in [-0.2, -0.15) is 13.2 Å². The van der Waals surface area contributed by atoms with Crippen molar-refractivity contribution in [2.45, 2.75) is 19.0 Å². The van der Waals surface area contributed by atoms with E-state index in [2.05, 4.69) is 10.6 Å². The van der Waals surface area contributed by atoms with Crippen molar-refractivity contribution in [2.24, 2.45) is 11.8 Å². The first-order valence-electron chi connectivity index (χ1n) is 10.5. The number of hydrogen-bond acceptors (Lipinski definition) is 5. The minimum atomic E-state index is -4.57. The average molecular weight is 490 g/mol. The number of amides is 2. The van der Waals surface area contributed by atoms with Crippen LogP contribution in [-0.2, 0) is 25.3 Å². The molecule has 2 atom stereocenters. The fraction of sp³-hybridized carbons (Fsp3) is 0.250. The maximum absolute atomic E-state index is 12.8. The van der Waals surface area contributed by atoms with Crippen LogP contribution >= 0.6 is 0 Å². The van der Waals surface area contributed by atoms with Crippen molar-refractivity contribution in [1.82, 2.24) is 0 Å². The monoisotopic (exact) mass is 490 g/mol. The molecule has 2 aromatic carbocycles. The van der Waals surface area contributed by atoms with Gasteiger partial charge in [0.1, 0.15) is 0 Å². The molecule has 1 aliphatic carbocycles. The summed E-state index contributed by atoms with van der Waals surface area (Å²) in [6.45, 7) is -0.723. The van der Waals surface area contributed by atoms with Crippen molar-refractivity contribution in [3.05, 3.63) is 71.8 Å². The maximum atomic E-state index is 12.8. The molecule has 3 rings (SSSR count). The second kappa shape index (κ2) is 10.9. The van der Waals surface area contributed by atoms with E-state index in [0.29, 0.717) is 12.1 Å². The zero-order valence-electron chi connectivity index (χ0n) is 18.2. The van der Waals surface area contributed by atoms with E-state index < -0.39 is 53.9 Å². The molecule has 0 heterocycles. The van der Waals surface area contributed by atoms with Gasteiger partial charge in [-0.1, -0.05) is 18.2 Å². The average Bonchev–Trinajstić information content (AvgIpc) is 2.82. The van der Waals surface area contributed by atoms with Gasteiger partial charge in [0.2, 0.25) is 5.91 Å². The molecule has 0 saturated heterocycles. The van der Waals surface area contributed by atoms with Gasteiger partial charge in [-0.3, -0.25) is 14.4 Å². The van der Waals surface area contributed by atoms with Crippen LogP contribution in [0.25, 0.3) is 0 Å². The van der Waals surface area contributed by atoms with Crippen molar-refractivity contribution < 1.29 is 42.2 Å². The molecule has 2 amide bonds. The highest BCUT2D eigenvalue weighted by Gasteiger charge is 2.34. The lowest BCUT2D eigenvalue weighted by molar-refractivity contribution is -0.146. The van der Waals surface area contributed by atoms with E-state index in [1.807, 2.05) is 0 Å². The van der Waals surface area contributed by atoms with Crippen LogP contribution in [0.3, 0.4) is 0 Å². The quantitative estimate of drug-likeness (QED) is 0.397. The lowest BCUT2D eigenvalue weighted by atomic mass is 9.82. The van der Waals surface area contributed by atoms with E-state index in [9.17, 15) is 37.5 Å². The molecule has 0 aromatic heterocycles. The van der Waals surface area contributed by atoms with E-state index in [1.54, 1.807) is 12.2 Å². The molecule has 3 N–H and O–H groups in total. The zero-order chi connectivity index (χ0) is 25.6. The summed E-state index contributed by atoms with van der Waals surface area (Å²) in [4.78, 5) is 48.0. The molecular formula is C24H21F3N2O6. The van der Waals surface area contributed by atoms with Crippen molar-refractivity contribution in [2.75, 3.05) is 17.2 Å². The van der Waals surface area contributed by atoms with Crippen LogP contribution in [0.4, 0.5) is 24.5 Å². The van der Waals surface area contributed by atoms with E-state index in [4.69, 9.17) is 4.74 Å². The number of hydrogen-bond donors (Lipinski definition) is 3. The van der Waals surface area contributed by atoms with Crippen LogP contribution in [0, 0.1) is 11.8 Å². The summed E-state index contributed by atoms with van der Waals surface area (Å²) in [5, 5.41) is 14.1. The topological polar surface area (TPSA) is 122 Å². The number of allylic oxidation sites excluding steroid dienone is 2. The van der Waals surface area contributed by atoms with Crippen molar-refractivity contribution in [1.29, 1.82) is 0 Å². The molecule has 0 spiro atoms. The zero-order valence-corrected chi connectivity index (χ0v) is 18.2. The Morgan fingerprint density at radius 3 is 2.20 bits per heavy atom. The first-order chi connectivity index (χ1) is 16.5. The number of carboxylic acid groups (broad SMARTS) is 1. The summed E-state index contributed by atoms with van der Waals surface area (Å²) in [6.07, 6.45) is -0.519. The number of benzene rings is 2. The van der Waals surface area contributed by atoms with Gasteiger partial charge in [-0.15, -0.1) is 0 Å². The Morgan fingerprint density at radius 1 is 0.914 bits per heavy atom. The molecular weight excluding hydrogens is 469 g/mol. The second-order valence-corrected chi connectivity index (χ2v) is 7.76. The normalized spacial score (nSPS) is 17.3. The fourth-order valence-corrected chi connectivity index (χ4v) is 3.49. The van der Waals surface area contributed by atoms with Gasteiger partial charge >= 0.3 is 18.1 Å². The number of carbonyl (C=O) groups is 4. The molecule has 184 valence electrons. The molecule has 0 aliphatic heterocycles. The Labute approximate surface area is 197 Å². The third-order valence-corrected chi connectivity index (χ3v) is 5.28. The van der Waals surface area contributed by atoms with Crippen LogP contribution in [0.5, 0.6) is 0 Å². The van der Waals surface area contributed by atoms with E-state index in [1.165, 1.54) is 30.3 Å². The second-order valence-electron chi connectivity index (χ2n) is 7.76. The van der Waals surface area contributed by atoms with E-state index in [-0.39, 0.29) is 17.7 Å². The Bertz CT molecular complexity index is 1140. The molecule has 0 unspecified atom stereocenters. The maximum Gasteiger partial charge on any atom is 0.416 e. The smallest absolute Gasteiger partial charge is 0.416 e. The molecule has 8 nitrogen and oxygen atoms in total. The molecule has 0 radical (unpaired) electrons. The van der Waals surface area contributed by atoms with Gasteiger partial charge in [0.05, 0.1) is 23.0 Å². The Balaban J connectivity index is 1.52. The standard InChI is InChI=1S/C24H21F3N2O6/c25-24(26,27)15-4-3-5-17(12-15)28-20(30)13-35-23(34)14-8-10-16(11-9-14)29-21(31)18-6-1-2-7-19(18)22(32)33/h1-5,8-12,18-19H,6-7,13H2,(H,28,30)(H,29,31)(H,32,33)/t18-,19-/m0/s1. The number of esters is 1. The van der Waals surface area contributed by atoms with E-state index >= 15 is 0 Å². The van der Waals surface area contributed by atoms with Crippen LogP contribution in [0.2, 0.25) is 0 Å². The molecule has 35 heavy (non-hydrogen) atoms. The first-order valence-corrected chi connectivity index (χ1v) is 10.5. The number of rotatable bonds is 7. The molecule has 11 heteroatoms. The van der Waals surface area contributed by atoms with Crippen LogP contribution < -0.4 is 10.6 Å². The summed E-state index contributed by atoms with van der Waals surface area (Å²) in [5.41, 5.74) is -0.621. The Hall–Kier alpha value is -4.15. The summed E-state index contributed by atoms with van der Waals surface area (Å²) >= 11 is 0. The van der Waals surface area contributed by atoms with Gasteiger partial charge in [0.25, 0.3) is 5.91 Å². The fourth-order valence-electron chi connectivity index (χ4n) is 3.49.